The second-order valence-electron chi connectivity index (χ2n) is 5.21. The Balaban J connectivity index is 1.86. The van der Waals surface area contributed by atoms with Crippen LogP contribution in [0.1, 0.15) is 23.3 Å². The number of amides is 1. The fourth-order valence-electron chi connectivity index (χ4n) is 2.33. The van der Waals surface area contributed by atoms with Crippen LogP contribution in [0.25, 0.3) is 0 Å². The van der Waals surface area contributed by atoms with Gasteiger partial charge in [-0.3, -0.25) is 24.6 Å². The Labute approximate surface area is 121 Å². The number of aromatic amines is 1. The molecule has 21 heavy (non-hydrogen) atoms. The molecule has 2 rings (SSSR count). The van der Waals surface area contributed by atoms with E-state index in [1.807, 2.05) is 0 Å². The number of rotatable bonds is 6. The summed E-state index contributed by atoms with van der Waals surface area (Å²) in [7, 11) is 1.68. The SMILES string of the molecule is CN(CC(=O)c1cc([N+](=O)[O-])c[nH]1)CC(=O)N1CCCC1. The van der Waals surface area contributed by atoms with Gasteiger partial charge in [-0.2, -0.15) is 0 Å². The van der Waals surface area contributed by atoms with Crippen LogP contribution in [0.3, 0.4) is 0 Å². The summed E-state index contributed by atoms with van der Waals surface area (Å²) >= 11 is 0. The van der Waals surface area contributed by atoms with Crippen molar-refractivity contribution in [3.63, 3.8) is 0 Å². The van der Waals surface area contributed by atoms with Gasteiger partial charge in [0.15, 0.2) is 5.78 Å². The van der Waals surface area contributed by atoms with Gasteiger partial charge in [-0.1, -0.05) is 0 Å². The molecule has 0 spiro atoms. The summed E-state index contributed by atoms with van der Waals surface area (Å²) in [4.78, 5) is 39.9. The highest BCUT2D eigenvalue weighted by Crippen LogP contribution is 2.13. The smallest absolute Gasteiger partial charge is 0.287 e. The van der Waals surface area contributed by atoms with E-state index >= 15 is 0 Å². The molecule has 1 aromatic rings. The zero-order valence-electron chi connectivity index (χ0n) is 11.9. The summed E-state index contributed by atoms with van der Waals surface area (Å²) in [5.74, 6) is -0.264. The Hall–Kier alpha value is -2.22. The average molecular weight is 294 g/mol. The van der Waals surface area contributed by atoms with Gasteiger partial charge >= 0.3 is 0 Å². The Morgan fingerprint density at radius 1 is 1.38 bits per heavy atom. The maximum absolute atomic E-state index is 12.0. The first-order valence-electron chi connectivity index (χ1n) is 6.79. The summed E-state index contributed by atoms with van der Waals surface area (Å²) in [6.07, 6.45) is 3.24. The Morgan fingerprint density at radius 3 is 2.62 bits per heavy atom. The molecule has 0 unspecified atom stereocenters. The number of likely N-dealkylation sites (N-methyl/N-ethyl adjacent to an activating group) is 1. The zero-order chi connectivity index (χ0) is 15.4. The topological polar surface area (TPSA) is 99.5 Å². The van der Waals surface area contributed by atoms with Gasteiger partial charge in [-0.15, -0.1) is 0 Å². The van der Waals surface area contributed by atoms with Gasteiger partial charge in [0.2, 0.25) is 5.91 Å². The molecule has 1 saturated heterocycles. The van der Waals surface area contributed by atoms with Crippen LogP contribution in [0, 0.1) is 10.1 Å². The Kier molecular flexibility index (Phi) is 4.69. The molecule has 0 bridgehead atoms. The fraction of sp³-hybridized carbons (Fsp3) is 0.538. The molecule has 1 aliphatic heterocycles. The van der Waals surface area contributed by atoms with E-state index in [0.717, 1.165) is 25.9 Å². The lowest BCUT2D eigenvalue weighted by Crippen LogP contribution is -2.39. The Bertz CT molecular complexity index is 548. The molecule has 0 saturated carbocycles. The largest absolute Gasteiger partial charge is 0.353 e. The average Bonchev–Trinajstić information content (AvgIpc) is 3.10. The highest BCUT2D eigenvalue weighted by atomic mass is 16.6. The molecular weight excluding hydrogens is 276 g/mol. The minimum atomic E-state index is -0.562. The van der Waals surface area contributed by atoms with Gasteiger partial charge in [0.05, 0.1) is 29.9 Å². The van der Waals surface area contributed by atoms with Crippen molar-refractivity contribution in [1.82, 2.24) is 14.8 Å². The Morgan fingerprint density at radius 2 is 2.05 bits per heavy atom. The molecule has 1 fully saturated rings. The number of carbonyl (C=O) groups excluding carboxylic acids is 2. The van der Waals surface area contributed by atoms with Gasteiger partial charge in [-0.25, -0.2) is 0 Å². The molecular formula is C13H18N4O4. The predicted molar refractivity (Wildman–Crippen MR) is 75.1 cm³/mol. The van der Waals surface area contributed by atoms with Crippen LogP contribution in [-0.4, -0.2) is 64.6 Å². The lowest BCUT2D eigenvalue weighted by molar-refractivity contribution is -0.384. The van der Waals surface area contributed by atoms with E-state index < -0.39 is 4.92 Å². The maximum Gasteiger partial charge on any atom is 0.287 e. The number of nitrogens with zero attached hydrogens (tertiary/aromatic N) is 3. The van der Waals surface area contributed by atoms with Crippen molar-refractivity contribution in [2.45, 2.75) is 12.8 Å². The molecule has 114 valence electrons. The summed E-state index contributed by atoms with van der Waals surface area (Å²) in [6, 6.07) is 1.21. The fourth-order valence-corrected chi connectivity index (χ4v) is 2.33. The molecule has 1 aliphatic rings. The molecule has 1 N–H and O–H groups in total. The van der Waals surface area contributed by atoms with E-state index in [0.29, 0.717) is 0 Å². The van der Waals surface area contributed by atoms with Gasteiger partial charge in [0.1, 0.15) is 0 Å². The molecule has 8 heteroatoms. The van der Waals surface area contributed by atoms with E-state index in [9.17, 15) is 19.7 Å². The van der Waals surface area contributed by atoms with Gasteiger partial charge in [0.25, 0.3) is 5.69 Å². The summed E-state index contributed by atoms with van der Waals surface area (Å²) < 4.78 is 0. The lowest BCUT2D eigenvalue weighted by atomic mass is 10.2. The maximum atomic E-state index is 12.0. The monoisotopic (exact) mass is 294 g/mol. The number of hydrogen-bond donors (Lipinski definition) is 1. The third-order valence-corrected chi connectivity index (χ3v) is 3.46. The minimum Gasteiger partial charge on any atom is -0.353 e. The van der Waals surface area contributed by atoms with E-state index in [1.165, 1.54) is 12.3 Å². The van der Waals surface area contributed by atoms with E-state index in [-0.39, 0.29) is 36.2 Å². The molecule has 0 atom stereocenters. The third kappa shape index (κ3) is 3.88. The summed E-state index contributed by atoms with van der Waals surface area (Å²) in [5.41, 5.74) is 0.0383. The highest BCUT2D eigenvalue weighted by molar-refractivity contribution is 5.96. The number of nitro groups is 1. The molecule has 1 aromatic heterocycles. The second kappa shape index (κ2) is 6.49. The van der Waals surface area contributed by atoms with Crippen molar-refractivity contribution in [3.8, 4) is 0 Å². The highest BCUT2D eigenvalue weighted by Gasteiger charge is 2.21. The van der Waals surface area contributed by atoms with Crippen molar-refractivity contribution in [2.24, 2.45) is 0 Å². The van der Waals surface area contributed by atoms with Crippen LogP contribution in [0.2, 0.25) is 0 Å². The normalized spacial score (nSPS) is 14.7. The standard InChI is InChI=1S/C13H18N4O4/c1-15(9-13(19)16-4-2-3-5-16)8-12(18)11-6-10(7-14-11)17(20)21/h6-7,14H,2-5,8-9H2,1H3. The molecule has 0 aliphatic carbocycles. The minimum absolute atomic E-state index is 0.0141. The number of H-pyrrole nitrogens is 1. The van der Waals surface area contributed by atoms with Crippen molar-refractivity contribution in [2.75, 3.05) is 33.2 Å². The number of nitrogens with one attached hydrogen (secondary N) is 1. The molecule has 0 radical (unpaired) electrons. The number of likely N-dealkylation sites (tertiary alicyclic amines) is 1. The molecule has 0 aromatic carbocycles. The van der Waals surface area contributed by atoms with E-state index in [1.54, 1.807) is 16.8 Å². The number of Topliss-reactive ketones (excluding diaryl/α,β-unsaturated/α-hetero) is 1. The first kappa shape index (κ1) is 15.2. The van der Waals surface area contributed by atoms with Crippen molar-refractivity contribution in [1.29, 1.82) is 0 Å². The third-order valence-electron chi connectivity index (χ3n) is 3.46. The van der Waals surface area contributed by atoms with E-state index in [2.05, 4.69) is 4.98 Å². The number of hydrogen-bond acceptors (Lipinski definition) is 5. The molecule has 1 amide bonds. The van der Waals surface area contributed by atoms with Crippen molar-refractivity contribution < 1.29 is 14.5 Å². The van der Waals surface area contributed by atoms with Crippen LogP contribution < -0.4 is 0 Å². The first-order chi connectivity index (χ1) is 9.97. The quantitative estimate of drug-likeness (QED) is 0.472. The molecule has 8 nitrogen and oxygen atoms in total. The lowest BCUT2D eigenvalue weighted by Gasteiger charge is -2.20. The second-order valence-corrected chi connectivity index (χ2v) is 5.21. The van der Waals surface area contributed by atoms with Crippen LogP contribution in [-0.2, 0) is 4.79 Å². The van der Waals surface area contributed by atoms with Crippen LogP contribution in [0.5, 0.6) is 0 Å². The van der Waals surface area contributed by atoms with E-state index in [4.69, 9.17) is 0 Å². The van der Waals surface area contributed by atoms with Crippen LogP contribution in [0.4, 0.5) is 5.69 Å². The first-order valence-corrected chi connectivity index (χ1v) is 6.79. The van der Waals surface area contributed by atoms with Crippen molar-refractivity contribution in [3.05, 3.63) is 28.1 Å². The predicted octanol–water partition coefficient (Wildman–Crippen LogP) is 0.660. The zero-order valence-corrected chi connectivity index (χ0v) is 11.9. The van der Waals surface area contributed by atoms with Gasteiger partial charge in [-0.05, 0) is 19.9 Å². The summed E-state index contributed by atoms with van der Waals surface area (Å²) in [5, 5.41) is 10.6. The number of aromatic nitrogens is 1. The number of carbonyl (C=O) groups is 2. The number of ketones is 1. The van der Waals surface area contributed by atoms with Gasteiger partial charge < -0.3 is 9.88 Å². The van der Waals surface area contributed by atoms with Crippen LogP contribution in [0.15, 0.2) is 12.3 Å². The van der Waals surface area contributed by atoms with Crippen molar-refractivity contribution >= 4 is 17.4 Å². The summed E-state index contributed by atoms with van der Waals surface area (Å²) in [6.45, 7) is 1.78. The van der Waals surface area contributed by atoms with Crippen LogP contribution >= 0.6 is 0 Å². The molecule has 2 heterocycles. The van der Waals surface area contributed by atoms with Gasteiger partial charge in [0, 0.05) is 19.2 Å².